The molecule has 156 valence electrons. The molecule has 0 aliphatic heterocycles. The SMILES string of the molecule is COc1cc2c(cc1-c1ccnc(OC(C)(C)C)c1)CCC(C)(C)[C@@H]2NC(=O)O. The molecular weight excluding hydrogens is 368 g/mol. The number of ether oxygens (including phenoxy) is 2. The van der Waals surface area contributed by atoms with E-state index in [9.17, 15) is 9.90 Å². The Balaban J connectivity index is 2.07. The van der Waals surface area contributed by atoms with Crippen molar-refractivity contribution in [1.82, 2.24) is 10.3 Å². The van der Waals surface area contributed by atoms with Gasteiger partial charge in [0.25, 0.3) is 0 Å². The van der Waals surface area contributed by atoms with Crippen molar-refractivity contribution in [3.05, 3.63) is 41.6 Å². The lowest BCUT2D eigenvalue weighted by molar-refractivity contribution is 0.124. The molecule has 1 aromatic heterocycles. The minimum Gasteiger partial charge on any atom is -0.496 e. The molecular formula is C23H30N2O4. The molecule has 1 aliphatic rings. The molecule has 0 saturated carbocycles. The third-order valence-corrected chi connectivity index (χ3v) is 5.32. The van der Waals surface area contributed by atoms with Gasteiger partial charge in [-0.3, -0.25) is 0 Å². The summed E-state index contributed by atoms with van der Waals surface area (Å²) in [6.45, 7) is 10.1. The number of carbonyl (C=O) groups is 1. The summed E-state index contributed by atoms with van der Waals surface area (Å²) >= 11 is 0. The largest absolute Gasteiger partial charge is 0.496 e. The molecule has 3 rings (SSSR count). The number of benzene rings is 1. The zero-order valence-electron chi connectivity index (χ0n) is 18.0. The van der Waals surface area contributed by atoms with E-state index in [0.29, 0.717) is 11.6 Å². The van der Waals surface area contributed by atoms with Gasteiger partial charge in [-0.1, -0.05) is 13.8 Å². The highest BCUT2D eigenvalue weighted by Crippen LogP contribution is 2.46. The molecule has 1 heterocycles. The second-order valence-corrected chi connectivity index (χ2v) is 9.22. The predicted octanol–water partition coefficient (Wildman–Crippen LogP) is 5.22. The van der Waals surface area contributed by atoms with E-state index in [4.69, 9.17) is 9.47 Å². The van der Waals surface area contributed by atoms with Crippen molar-refractivity contribution in [2.24, 2.45) is 5.41 Å². The first-order valence-corrected chi connectivity index (χ1v) is 9.86. The first-order chi connectivity index (χ1) is 13.5. The van der Waals surface area contributed by atoms with Gasteiger partial charge < -0.3 is 19.9 Å². The quantitative estimate of drug-likeness (QED) is 0.738. The summed E-state index contributed by atoms with van der Waals surface area (Å²) < 4.78 is 11.6. The van der Waals surface area contributed by atoms with Crippen LogP contribution in [0.25, 0.3) is 11.1 Å². The number of aromatic nitrogens is 1. The summed E-state index contributed by atoms with van der Waals surface area (Å²) in [4.78, 5) is 15.7. The highest BCUT2D eigenvalue weighted by Gasteiger charge is 2.37. The smallest absolute Gasteiger partial charge is 0.405 e. The van der Waals surface area contributed by atoms with Crippen molar-refractivity contribution < 1.29 is 19.4 Å². The molecule has 0 fully saturated rings. The Morgan fingerprint density at radius 1 is 1.28 bits per heavy atom. The number of amides is 1. The van der Waals surface area contributed by atoms with Crippen LogP contribution in [0.4, 0.5) is 4.79 Å². The highest BCUT2D eigenvalue weighted by molar-refractivity contribution is 5.73. The van der Waals surface area contributed by atoms with Crippen LogP contribution in [0, 0.1) is 5.41 Å². The van der Waals surface area contributed by atoms with E-state index >= 15 is 0 Å². The first-order valence-electron chi connectivity index (χ1n) is 9.86. The molecule has 2 aromatic rings. The van der Waals surface area contributed by atoms with Gasteiger partial charge in [-0.15, -0.1) is 0 Å². The third-order valence-electron chi connectivity index (χ3n) is 5.32. The van der Waals surface area contributed by atoms with Crippen molar-refractivity contribution in [1.29, 1.82) is 0 Å². The molecule has 1 amide bonds. The number of methoxy groups -OCH3 is 1. The van der Waals surface area contributed by atoms with Crippen LogP contribution in [-0.2, 0) is 6.42 Å². The van der Waals surface area contributed by atoms with Gasteiger partial charge in [-0.25, -0.2) is 9.78 Å². The fourth-order valence-corrected chi connectivity index (χ4v) is 3.89. The maximum atomic E-state index is 11.4. The Morgan fingerprint density at radius 3 is 2.62 bits per heavy atom. The minimum absolute atomic E-state index is 0.178. The molecule has 6 heteroatoms. The van der Waals surface area contributed by atoms with E-state index in [1.54, 1.807) is 13.3 Å². The third kappa shape index (κ3) is 4.63. The number of carboxylic acid groups (broad SMARTS) is 1. The van der Waals surface area contributed by atoms with Crippen LogP contribution in [0.5, 0.6) is 11.6 Å². The Morgan fingerprint density at radius 2 is 2.00 bits per heavy atom. The van der Waals surface area contributed by atoms with E-state index in [-0.39, 0.29) is 17.1 Å². The summed E-state index contributed by atoms with van der Waals surface area (Å²) in [5, 5.41) is 12.0. The molecule has 0 bridgehead atoms. The van der Waals surface area contributed by atoms with Crippen LogP contribution in [0.2, 0.25) is 0 Å². The van der Waals surface area contributed by atoms with E-state index in [0.717, 1.165) is 35.1 Å². The van der Waals surface area contributed by atoms with Crippen LogP contribution in [0.1, 0.15) is 58.2 Å². The second-order valence-electron chi connectivity index (χ2n) is 9.22. The van der Waals surface area contributed by atoms with Crippen molar-refractivity contribution in [3.8, 4) is 22.8 Å². The average molecular weight is 399 g/mol. The molecule has 1 atom stereocenters. The lowest BCUT2D eigenvalue weighted by Crippen LogP contribution is -2.40. The summed E-state index contributed by atoms with van der Waals surface area (Å²) in [6, 6.07) is 7.63. The van der Waals surface area contributed by atoms with Gasteiger partial charge in [-0.05, 0) is 73.9 Å². The molecule has 2 N–H and O–H groups in total. The number of nitrogens with one attached hydrogen (secondary N) is 1. The van der Waals surface area contributed by atoms with Crippen LogP contribution in [-0.4, -0.2) is 28.9 Å². The lowest BCUT2D eigenvalue weighted by atomic mass is 9.70. The molecule has 0 radical (unpaired) electrons. The summed E-state index contributed by atoms with van der Waals surface area (Å²) in [6.07, 6.45) is 2.49. The van der Waals surface area contributed by atoms with Gasteiger partial charge in [0.15, 0.2) is 0 Å². The lowest BCUT2D eigenvalue weighted by Gasteiger charge is -2.40. The fraction of sp³-hybridized carbons (Fsp3) is 0.478. The monoisotopic (exact) mass is 398 g/mol. The molecule has 0 saturated heterocycles. The van der Waals surface area contributed by atoms with Crippen molar-refractivity contribution >= 4 is 6.09 Å². The average Bonchev–Trinajstić information content (AvgIpc) is 2.62. The van der Waals surface area contributed by atoms with Crippen LogP contribution in [0.15, 0.2) is 30.5 Å². The van der Waals surface area contributed by atoms with Gasteiger partial charge in [-0.2, -0.15) is 0 Å². The van der Waals surface area contributed by atoms with Crippen molar-refractivity contribution in [3.63, 3.8) is 0 Å². The number of hydrogen-bond donors (Lipinski definition) is 2. The molecule has 0 unspecified atom stereocenters. The minimum atomic E-state index is -1.02. The maximum absolute atomic E-state index is 11.4. The Bertz CT molecular complexity index is 916. The second kappa shape index (κ2) is 7.58. The first kappa shape index (κ1) is 21.0. The number of hydrogen-bond acceptors (Lipinski definition) is 4. The maximum Gasteiger partial charge on any atom is 0.405 e. The number of rotatable bonds is 4. The van der Waals surface area contributed by atoms with E-state index in [2.05, 4.69) is 30.2 Å². The summed E-state index contributed by atoms with van der Waals surface area (Å²) in [5.74, 6) is 1.26. The Kier molecular flexibility index (Phi) is 5.48. The van der Waals surface area contributed by atoms with E-state index < -0.39 is 6.09 Å². The molecule has 6 nitrogen and oxygen atoms in total. The number of aryl methyl sites for hydroxylation is 1. The number of fused-ring (bicyclic) bond motifs is 1. The highest BCUT2D eigenvalue weighted by atomic mass is 16.5. The summed E-state index contributed by atoms with van der Waals surface area (Å²) in [7, 11) is 1.63. The van der Waals surface area contributed by atoms with Gasteiger partial charge in [0.1, 0.15) is 11.4 Å². The normalized spacial score (nSPS) is 17.9. The van der Waals surface area contributed by atoms with E-state index in [1.165, 1.54) is 0 Å². The zero-order chi connectivity index (χ0) is 21.4. The van der Waals surface area contributed by atoms with Gasteiger partial charge in [0, 0.05) is 17.8 Å². The fourth-order valence-electron chi connectivity index (χ4n) is 3.89. The molecule has 1 aliphatic carbocycles. The van der Waals surface area contributed by atoms with Crippen LogP contribution in [0.3, 0.4) is 0 Å². The van der Waals surface area contributed by atoms with Gasteiger partial charge >= 0.3 is 6.09 Å². The van der Waals surface area contributed by atoms with Crippen LogP contribution < -0.4 is 14.8 Å². The van der Waals surface area contributed by atoms with Gasteiger partial charge in [0.2, 0.25) is 5.88 Å². The molecule has 29 heavy (non-hydrogen) atoms. The van der Waals surface area contributed by atoms with E-state index in [1.807, 2.05) is 39.0 Å². The summed E-state index contributed by atoms with van der Waals surface area (Å²) in [5.41, 5.74) is 3.49. The standard InChI is InChI=1S/C23H30N2O4/c1-22(2,3)29-19-12-15(8-10-24-19)16-11-14-7-9-23(4,5)20(25-21(26)27)17(14)13-18(16)28-6/h8,10-13,20,25H,7,9H2,1-6H3,(H,26,27)/t20-/m1/s1. The Hall–Kier alpha value is -2.76. The molecule has 0 spiro atoms. The topological polar surface area (TPSA) is 80.7 Å². The number of nitrogens with zero attached hydrogens (tertiary/aromatic N) is 1. The Labute approximate surface area is 172 Å². The van der Waals surface area contributed by atoms with Gasteiger partial charge in [0.05, 0.1) is 13.2 Å². The molecule has 1 aromatic carbocycles. The van der Waals surface area contributed by atoms with Crippen molar-refractivity contribution in [2.75, 3.05) is 7.11 Å². The predicted molar refractivity (Wildman–Crippen MR) is 113 cm³/mol. The van der Waals surface area contributed by atoms with Crippen LogP contribution >= 0.6 is 0 Å². The zero-order valence-corrected chi connectivity index (χ0v) is 18.0. The number of pyridine rings is 1. The van der Waals surface area contributed by atoms with Crippen molar-refractivity contribution in [2.45, 2.75) is 59.1 Å².